The van der Waals surface area contributed by atoms with E-state index in [1.54, 1.807) is 29.0 Å². The maximum atomic E-state index is 14.7. The molecule has 2 aliphatic rings. The van der Waals surface area contributed by atoms with E-state index in [0.717, 1.165) is 23.2 Å². The first-order valence-corrected chi connectivity index (χ1v) is 9.42. The fourth-order valence-corrected chi connectivity index (χ4v) is 3.50. The lowest BCUT2D eigenvalue weighted by Gasteiger charge is -2.30. The molecule has 0 atom stereocenters. The number of carbonyl (C=O) groups excluding carboxylic acids is 2. The minimum absolute atomic E-state index is 0.0556. The van der Waals surface area contributed by atoms with Gasteiger partial charge in [-0.15, -0.1) is 0 Å². The summed E-state index contributed by atoms with van der Waals surface area (Å²) in [6, 6.07) is 3.34. The van der Waals surface area contributed by atoms with Crippen LogP contribution in [0.4, 0.5) is 14.9 Å². The highest BCUT2D eigenvalue weighted by atomic mass is 19.1. The zero-order chi connectivity index (χ0) is 19.8. The lowest BCUT2D eigenvalue weighted by Crippen LogP contribution is -2.39. The van der Waals surface area contributed by atoms with Gasteiger partial charge in [0.05, 0.1) is 0 Å². The van der Waals surface area contributed by atoms with Crippen LogP contribution in [0, 0.1) is 5.82 Å². The van der Waals surface area contributed by atoms with Gasteiger partial charge in [-0.1, -0.05) is 6.08 Å². The zero-order valence-corrected chi connectivity index (χ0v) is 16.5. The monoisotopic (exact) mass is 374 g/mol. The molecule has 27 heavy (non-hydrogen) atoms. The van der Waals surface area contributed by atoms with Gasteiger partial charge in [-0.25, -0.2) is 9.18 Å². The Hall–Kier alpha value is -2.37. The van der Waals surface area contributed by atoms with Crippen LogP contribution in [0.1, 0.15) is 51.2 Å². The molecule has 5 nitrogen and oxygen atoms in total. The number of rotatable bonds is 1. The van der Waals surface area contributed by atoms with Gasteiger partial charge in [0.15, 0.2) is 0 Å². The molecule has 2 heterocycles. The van der Waals surface area contributed by atoms with Gasteiger partial charge in [0.2, 0.25) is 5.91 Å². The third-order valence-corrected chi connectivity index (χ3v) is 4.95. The van der Waals surface area contributed by atoms with Crippen LogP contribution in [0.25, 0.3) is 5.57 Å². The summed E-state index contributed by atoms with van der Waals surface area (Å²) in [4.78, 5) is 27.6. The van der Waals surface area contributed by atoms with Crippen molar-refractivity contribution in [1.82, 2.24) is 4.90 Å². The van der Waals surface area contributed by atoms with Crippen LogP contribution in [0.5, 0.6) is 0 Å². The van der Waals surface area contributed by atoms with Gasteiger partial charge in [0.25, 0.3) is 0 Å². The molecule has 0 aromatic heterocycles. The predicted molar refractivity (Wildman–Crippen MR) is 103 cm³/mol. The Labute approximate surface area is 159 Å². The minimum atomic E-state index is -0.540. The molecule has 1 aromatic carbocycles. The molecule has 0 aliphatic carbocycles. The third kappa shape index (κ3) is 4.31. The van der Waals surface area contributed by atoms with E-state index in [9.17, 15) is 14.0 Å². The molecule has 6 heteroatoms. The number of nitrogens with zero attached hydrogens (tertiary/aromatic N) is 2. The average molecular weight is 374 g/mol. The maximum Gasteiger partial charge on any atom is 0.410 e. The summed E-state index contributed by atoms with van der Waals surface area (Å²) in [5.41, 5.74) is 2.49. The molecule has 2 aliphatic heterocycles. The summed E-state index contributed by atoms with van der Waals surface area (Å²) in [5, 5.41) is 0. The van der Waals surface area contributed by atoms with Crippen molar-refractivity contribution < 1.29 is 18.7 Å². The molecule has 0 bridgehead atoms. The third-order valence-electron chi connectivity index (χ3n) is 4.95. The first-order chi connectivity index (χ1) is 12.7. The molecule has 0 saturated carbocycles. The predicted octanol–water partition coefficient (Wildman–Crippen LogP) is 4.15. The van der Waals surface area contributed by atoms with Crippen LogP contribution in [0.2, 0.25) is 0 Å². The van der Waals surface area contributed by atoms with Gasteiger partial charge in [-0.2, -0.15) is 0 Å². The van der Waals surface area contributed by atoms with E-state index in [2.05, 4.69) is 0 Å². The lowest BCUT2D eigenvalue weighted by molar-refractivity contribution is -0.118. The van der Waals surface area contributed by atoms with E-state index in [0.29, 0.717) is 37.9 Å². The van der Waals surface area contributed by atoms with Crippen molar-refractivity contribution in [3.63, 3.8) is 0 Å². The number of amides is 2. The zero-order valence-electron chi connectivity index (χ0n) is 16.5. The first kappa shape index (κ1) is 19.4. The van der Waals surface area contributed by atoms with Crippen LogP contribution in [0.15, 0.2) is 18.2 Å². The number of benzene rings is 1. The lowest BCUT2D eigenvalue weighted by atomic mass is 9.95. The highest BCUT2D eigenvalue weighted by Crippen LogP contribution is 2.33. The van der Waals surface area contributed by atoms with E-state index in [4.69, 9.17) is 4.74 Å². The van der Waals surface area contributed by atoms with Gasteiger partial charge < -0.3 is 14.5 Å². The highest BCUT2D eigenvalue weighted by molar-refractivity contribution is 5.95. The van der Waals surface area contributed by atoms with Crippen LogP contribution < -0.4 is 4.90 Å². The second-order valence-corrected chi connectivity index (χ2v) is 8.17. The van der Waals surface area contributed by atoms with Crippen molar-refractivity contribution in [3.8, 4) is 0 Å². The van der Waals surface area contributed by atoms with E-state index >= 15 is 0 Å². The normalized spacial score (nSPS) is 18.0. The molecule has 1 aromatic rings. The Balaban J connectivity index is 1.83. The van der Waals surface area contributed by atoms with E-state index in [1.165, 1.54) is 0 Å². The summed E-state index contributed by atoms with van der Waals surface area (Å²) in [6.07, 6.45) is 3.99. The van der Waals surface area contributed by atoms with Crippen molar-refractivity contribution >= 4 is 23.3 Å². The minimum Gasteiger partial charge on any atom is -0.444 e. The summed E-state index contributed by atoms with van der Waals surface area (Å²) in [5.74, 6) is -0.214. The number of hydrogen-bond acceptors (Lipinski definition) is 3. The standard InChI is InChI=1S/C21H27FN2O3/c1-21(2,3)27-20(26)24-10-8-14(9-11-24)16-13-18-15(12-17(16)22)6-5-7-19(25)23(18)4/h8,12-13H,5-7,9-11H2,1-4H3. The Bertz CT molecular complexity index is 795. The van der Waals surface area contributed by atoms with Crippen LogP contribution in [-0.2, 0) is 16.0 Å². The van der Waals surface area contributed by atoms with Crippen molar-refractivity contribution in [2.75, 3.05) is 25.0 Å². The van der Waals surface area contributed by atoms with Gasteiger partial charge in [-0.3, -0.25) is 4.79 Å². The fraction of sp³-hybridized carbons (Fsp3) is 0.524. The number of aryl methyl sites for hydroxylation is 1. The van der Waals surface area contributed by atoms with Gasteiger partial charge >= 0.3 is 6.09 Å². The van der Waals surface area contributed by atoms with Crippen LogP contribution >= 0.6 is 0 Å². The van der Waals surface area contributed by atoms with Gasteiger partial charge in [0, 0.05) is 37.8 Å². The van der Waals surface area contributed by atoms with Crippen molar-refractivity contribution in [2.24, 2.45) is 0 Å². The first-order valence-electron chi connectivity index (χ1n) is 9.42. The number of anilines is 1. The molecule has 2 amide bonds. The molecule has 0 radical (unpaired) electrons. The Kier molecular flexibility index (Phi) is 5.27. The largest absolute Gasteiger partial charge is 0.444 e. The Morgan fingerprint density at radius 2 is 1.93 bits per heavy atom. The molecule has 0 fully saturated rings. The molecule has 0 spiro atoms. The van der Waals surface area contributed by atoms with Gasteiger partial charge in [0.1, 0.15) is 11.4 Å². The Morgan fingerprint density at radius 1 is 1.19 bits per heavy atom. The van der Waals surface area contributed by atoms with Crippen molar-refractivity contribution in [3.05, 3.63) is 35.2 Å². The fourth-order valence-electron chi connectivity index (χ4n) is 3.50. The van der Waals surface area contributed by atoms with Gasteiger partial charge in [-0.05, 0) is 63.3 Å². The highest BCUT2D eigenvalue weighted by Gasteiger charge is 2.26. The molecule has 3 rings (SSSR count). The molecule has 0 unspecified atom stereocenters. The van der Waals surface area contributed by atoms with E-state index < -0.39 is 5.60 Å². The smallest absolute Gasteiger partial charge is 0.410 e. The second kappa shape index (κ2) is 7.33. The van der Waals surface area contributed by atoms with Crippen LogP contribution in [0.3, 0.4) is 0 Å². The number of hydrogen-bond donors (Lipinski definition) is 0. The van der Waals surface area contributed by atoms with E-state index in [1.807, 2.05) is 26.8 Å². The second-order valence-electron chi connectivity index (χ2n) is 8.17. The average Bonchev–Trinajstić information content (AvgIpc) is 2.72. The summed E-state index contributed by atoms with van der Waals surface area (Å²) in [7, 11) is 1.74. The summed E-state index contributed by atoms with van der Waals surface area (Å²) in [6.45, 7) is 6.36. The summed E-state index contributed by atoms with van der Waals surface area (Å²) < 4.78 is 20.1. The SMILES string of the molecule is CN1C(=O)CCCc2cc(F)c(C3=CCN(C(=O)OC(C)(C)C)CC3)cc21. The molecule has 146 valence electrons. The van der Waals surface area contributed by atoms with Crippen LogP contribution in [-0.4, -0.2) is 42.6 Å². The number of fused-ring (bicyclic) bond motifs is 1. The quantitative estimate of drug-likeness (QED) is 0.742. The maximum absolute atomic E-state index is 14.7. The summed E-state index contributed by atoms with van der Waals surface area (Å²) >= 11 is 0. The molecular weight excluding hydrogens is 347 g/mol. The molecule has 0 saturated heterocycles. The number of ether oxygens (including phenoxy) is 1. The molecule has 0 N–H and O–H groups in total. The Morgan fingerprint density at radius 3 is 2.56 bits per heavy atom. The number of halogens is 1. The van der Waals surface area contributed by atoms with Crippen molar-refractivity contribution in [2.45, 2.75) is 52.1 Å². The van der Waals surface area contributed by atoms with E-state index in [-0.39, 0.29) is 17.8 Å². The van der Waals surface area contributed by atoms with Crippen molar-refractivity contribution in [1.29, 1.82) is 0 Å². The topological polar surface area (TPSA) is 49.9 Å². The number of carbonyl (C=O) groups is 2. The molecular formula is C21H27FN2O3.